The second kappa shape index (κ2) is 9.24. The molecular weight excluding hydrogens is 354 g/mol. The minimum Gasteiger partial charge on any atom is -0.491 e. The molecule has 2 atom stereocenters. The number of hydrogen-bond donors (Lipinski definition) is 0. The molecule has 6 nitrogen and oxygen atoms in total. The van der Waals surface area contributed by atoms with E-state index in [0.717, 1.165) is 30.9 Å². The van der Waals surface area contributed by atoms with Gasteiger partial charge in [-0.3, -0.25) is 4.90 Å². The van der Waals surface area contributed by atoms with Crippen LogP contribution in [0.25, 0.3) is 0 Å². The van der Waals surface area contributed by atoms with Crippen LogP contribution < -0.4 is 14.2 Å². The molecule has 2 unspecified atom stereocenters. The summed E-state index contributed by atoms with van der Waals surface area (Å²) in [5.74, 6) is 2.52. The second-order valence-electron chi connectivity index (χ2n) is 7.49. The molecule has 0 bridgehead atoms. The highest BCUT2D eigenvalue weighted by atomic mass is 16.5. The standard InChI is InChI=1S/C22H31N3O3/c1-15-11-18(13-21(23-15)27-4)12-17-7-6-10-25(14-17)16(2)19-8-9-20(26-3)22(24-19)28-5/h8-9,11,13,16-17H,6-7,10,12,14H2,1-5H3. The summed E-state index contributed by atoms with van der Waals surface area (Å²) in [7, 11) is 4.93. The number of rotatable bonds is 7. The Hall–Kier alpha value is -2.34. The van der Waals surface area contributed by atoms with Crippen molar-refractivity contribution in [1.29, 1.82) is 0 Å². The molecule has 0 amide bonds. The molecule has 0 N–H and O–H groups in total. The van der Waals surface area contributed by atoms with Gasteiger partial charge in [0.15, 0.2) is 5.75 Å². The van der Waals surface area contributed by atoms with Crippen LogP contribution in [0.5, 0.6) is 17.5 Å². The fourth-order valence-electron chi connectivity index (χ4n) is 4.04. The Labute approximate surface area is 167 Å². The molecule has 0 radical (unpaired) electrons. The summed E-state index contributed by atoms with van der Waals surface area (Å²) in [6, 6.07) is 8.43. The number of methoxy groups -OCH3 is 3. The lowest BCUT2D eigenvalue weighted by molar-refractivity contribution is 0.128. The summed E-state index contributed by atoms with van der Waals surface area (Å²) < 4.78 is 16.0. The van der Waals surface area contributed by atoms with Crippen LogP contribution in [-0.4, -0.2) is 49.3 Å². The van der Waals surface area contributed by atoms with E-state index in [2.05, 4.69) is 33.9 Å². The van der Waals surface area contributed by atoms with E-state index in [1.807, 2.05) is 19.1 Å². The molecule has 3 heterocycles. The number of hydrogen-bond acceptors (Lipinski definition) is 6. The molecule has 2 aromatic heterocycles. The Morgan fingerprint density at radius 1 is 1.11 bits per heavy atom. The number of aromatic nitrogens is 2. The van der Waals surface area contributed by atoms with Crippen LogP contribution >= 0.6 is 0 Å². The molecule has 1 fully saturated rings. The lowest BCUT2D eigenvalue weighted by Crippen LogP contribution is -2.38. The molecule has 3 rings (SSSR count). The first-order chi connectivity index (χ1) is 13.5. The SMILES string of the molecule is COc1cc(CC2CCCN(C(C)c3ccc(OC)c(OC)n3)C2)cc(C)n1. The van der Waals surface area contributed by atoms with Crippen molar-refractivity contribution >= 4 is 0 Å². The smallest absolute Gasteiger partial charge is 0.257 e. The van der Waals surface area contributed by atoms with Crippen molar-refractivity contribution in [2.24, 2.45) is 5.92 Å². The summed E-state index contributed by atoms with van der Waals surface area (Å²) in [5, 5.41) is 0. The molecule has 0 aromatic carbocycles. The van der Waals surface area contributed by atoms with E-state index in [0.29, 0.717) is 23.4 Å². The average Bonchev–Trinajstić information content (AvgIpc) is 2.72. The first kappa shape index (κ1) is 20.4. The molecule has 0 saturated carbocycles. The minimum atomic E-state index is 0.233. The van der Waals surface area contributed by atoms with Gasteiger partial charge in [-0.25, -0.2) is 9.97 Å². The zero-order chi connectivity index (χ0) is 20.1. The fraction of sp³-hybridized carbons (Fsp3) is 0.545. The number of piperidine rings is 1. The summed E-state index contributed by atoms with van der Waals surface area (Å²) in [6.07, 6.45) is 3.48. The molecular formula is C22H31N3O3. The Bertz CT molecular complexity index is 797. The highest BCUT2D eigenvalue weighted by Crippen LogP contribution is 2.31. The molecule has 0 spiro atoms. The third kappa shape index (κ3) is 4.73. The van der Waals surface area contributed by atoms with Crippen LogP contribution in [-0.2, 0) is 6.42 Å². The van der Waals surface area contributed by atoms with Gasteiger partial charge in [0.05, 0.1) is 27.0 Å². The number of nitrogens with zero attached hydrogens (tertiary/aromatic N) is 3. The average molecular weight is 386 g/mol. The van der Waals surface area contributed by atoms with Gasteiger partial charge >= 0.3 is 0 Å². The van der Waals surface area contributed by atoms with Crippen molar-refractivity contribution < 1.29 is 14.2 Å². The van der Waals surface area contributed by atoms with Crippen molar-refractivity contribution in [3.05, 3.63) is 41.2 Å². The summed E-state index contributed by atoms with van der Waals surface area (Å²) in [5.41, 5.74) is 3.32. The van der Waals surface area contributed by atoms with Crippen LogP contribution in [0, 0.1) is 12.8 Å². The largest absolute Gasteiger partial charge is 0.491 e. The van der Waals surface area contributed by atoms with Crippen molar-refractivity contribution in [3.8, 4) is 17.5 Å². The van der Waals surface area contributed by atoms with Crippen molar-refractivity contribution in [2.45, 2.75) is 39.2 Å². The maximum Gasteiger partial charge on any atom is 0.257 e. The zero-order valence-corrected chi connectivity index (χ0v) is 17.6. The van der Waals surface area contributed by atoms with Crippen LogP contribution in [0.1, 0.15) is 42.8 Å². The number of pyridine rings is 2. The molecule has 1 aliphatic rings. The Morgan fingerprint density at radius 2 is 1.93 bits per heavy atom. The van der Waals surface area contributed by atoms with Gasteiger partial charge in [-0.2, -0.15) is 0 Å². The first-order valence-corrected chi connectivity index (χ1v) is 9.88. The van der Waals surface area contributed by atoms with E-state index in [4.69, 9.17) is 14.2 Å². The quantitative estimate of drug-likeness (QED) is 0.722. The Morgan fingerprint density at radius 3 is 2.64 bits per heavy atom. The third-order valence-corrected chi connectivity index (χ3v) is 5.51. The van der Waals surface area contributed by atoms with Crippen molar-refractivity contribution in [1.82, 2.24) is 14.9 Å². The van der Waals surface area contributed by atoms with Gasteiger partial charge in [-0.1, -0.05) is 0 Å². The van der Waals surface area contributed by atoms with Crippen molar-refractivity contribution in [2.75, 3.05) is 34.4 Å². The van der Waals surface area contributed by atoms with Gasteiger partial charge in [-0.05, 0) is 69.3 Å². The van der Waals surface area contributed by atoms with Gasteiger partial charge in [0, 0.05) is 24.3 Å². The van der Waals surface area contributed by atoms with E-state index < -0.39 is 0 Å². The number of ether oxygens (including phenoxy) is 3. The van der Waals surface area contributed by atoms with Crippen LogP contribution in [0.4, 0.5) is 0 Å². The predicted molar refractivity (Wildman–Crippen MR) is 109 cm³/mol. The van der Waals surface area contributed by atoms with E-state index in [1.54, 1.807) is 21.3 Å². The topological polar surface area (TPSA) is 56.7 Å². The highest BCUT2D eigenvalue weighted by molar-refractivity contribution is 5.35. The lowest BCUT2D eigenvalue weighted by atomic mass is 9.90. The highest BCUT2D eigenvalue weighted by Gasteiger charge is 2.26. The van der Waals surface area contributed by atoms with E-state index in [9.17, 15) is 0 Å². The third-order valence-electron chi connectivity index (χ3n) is 5.51. The molecule has 1 aliphatic heterocycles. The van der Waals surface area contributed by atoms with Crippen molar-refractivity contribution in [3.63, 3.8) is 0 Å². The molecule has 28 heavy (non-hydrogen) atoms. The van der Waals surface area contributed by atoms with Gasteiger partial charge in [0.25, 0.3) is 5.88 Å². The molecule has 152 valence electrons. The van der Waals surface area contributed by atoms with Crippen LogP contribution in [0.3, 0.4) is 0 Å². The second-order valence-corrected chi connectivity index (χ2v) is 7.49. The minimum absolute atomic E-state index is 0.233. The van der Waals surface area contributed by atoms with Crippen LogP contribution in [0.2, 0.25) is 0 Å². The van der Waals surface area contributed by atoms with E-state index in [-0.39, 0.29) is 6.04 Å². The fourth-order valence-corrected chi connectivity index (χ4v) is 4.04. The van der Waals surface area contributed by atoms with Gasteiger partial charge in [0.1, 0.15) is 0 Å². The summed E-state index contributed by atoms with van der Waals surface area (Å²) >= 11 is 0. The van der Waals surface area contributed by atoms with Gasteiger partial charge < -0.3 is 14.2 Å². The summed E-state index contributed by atoms with van der Waals surface area (Å²) in [6.45, 7) is 6.38. The molecule has 2 aromatic rings. The number of aryl methyl sites for hydroxylation is 1. The van der Waals surface area contributed by atoms with Gasteiger partial charge in [0.2, 0.25) is 5.88 Å². The van der Waals surface area contributed by atoms with Crippen LogP contribution in [0.15, 0.2) is 24.3 Å². The molecule has 6 heteroatoms. The first-order valence-electron chi connectivity index (χ1n) is 9.88. The predicted octanol–water partition coefficient (Wildman–Crippen LogP) is 3.83. The monoisotopic (exact) mass is 385 g/mol. The lowest BCUT2D eigenvalue weighted by Gasteiger charge is -2.36. The van der Waals surface area contributed by atoms with E-state index in [1.165, 1.54) is 18.4 Å². The maximum atomic E-state index is 5.38. The molecule has 1 saturated heterocycles. The normalized spacial score (nSPS) is 18.5. The Balaban J connectivity index is 1.70. The maximum absolute atomic E-state index is 5.38. The Kier molecular flexibility index (Phi) is 6.73. The summed E-state index contributed by atoms with van der Waals surface area (Å²) in [4.78, 5) is 11.6. The number of likely N-dealkylation sites (tertiary alicyclic amines) is 1. The zero-order valence-electron chi connectivity index (χ0n) is 17.6. The molecule has 0 aliphatic carbocycles. The van der Waals surface area contributed by atoms with Gasteiger partial charge in [-0.15, -0.1) is 0 Å². The van der Waals surface area contributed by atoms with E-state index >= 15 is 0 Å².